The van der Waals surface area contributed by atoms with Gasteiger partial charge < -0.3 is 20.3 Å². The zero-order valence-corrected chi connectivity index (χ0v) is 11.8. The zero-order valence-electron chi connectivity index (χ0n) is 11.8. The minimum Gasteiger partial charge on any atom is -0.494 e. The largest absolute Gasteiger partial charge is 0.494 e. The van der Waals surface area contributed by atoms with Crippen molar-refractivity contribution in [1.82, 2.24) is 9.80 Å². The molecule has 0 saturated carbocycles. The Kier molecular flexibility index (Phi) is 4.12. The molecule has 1 aliphatic heterocycles. The first-order valence-electron chi connectivity index (χ1n) is 6.54. The maximum atomic E-state index is 12.0. The molecule has 0 aliphatic carbocycles. The molecule has 1 aliphatic rings. The third-order valence-electron chi connectivity index (χ3n) is 3.22. The Morgan fingerprint density at radius 3 is 2.70 bits per heavy atom. The van der Waals surface area contributed by atoms with Crippen molar-refractivity contribution < 1.29 is 14.3 Å². The van der Waals surface area contributed by atoms with Gasteiger partial charge in [0.2, 0.25) is 11.8 Å². The van der Waals surface area contributed by atoms with Gasteiger partial charge in [-0.2, -0.15) is 0 Å². The van der Waals surface area contributed by atoms with Crippen molar-refractivity contribution in [3.63, 3.8) is 0 Å². The van der Waals surface area contributed by atoms with Gasteiger partial charge in [0, 0.05) is 24.8 Å². The van der Waals surface area contributed by atoms with Crippen LogP contribution in [0.2, 0.25) is 0 Å². The maximum Gasteiger partial charge on any atom is 0.242 e. The standard InChI is InChI=1S/C14H19N3O3/c1-3-20-12-5-4-11(15)6-10(12)7-17-9-13(18)16(2)8-14(17)19/h4-6H,3,7-9,15H2,1-2H3. The quantitative estimate of drug-likeness (QED) is 0.812. The van der Waals surface area contributed by atoms with Crippen molar-refractivity contribution >= 4 is 17.5 Å². The number of nitrogen functional groups attached to an aromatic ring is 1. The first kappa shape index (κ1) is 14.2. The van der Waals surface area contributed by atoms with Crippen LogP contribution in [0.15, 0.2) is 18.2 Å². The van der Waals surface area contributed by atoms with E-state index in [1.807, 2.05) is 6.92 Å². The molecule has 108 valence electrons. The Hall–Kier alpha value is -2.24. The summed E-state index contributed by atoms with van der Waals surface area (Å²) in [6.45, 7) is 2.97. The summed E-state index contributed by atoms with van der Waals surface area (Å²) < 4.78 is 5.53. The molecule has 1 fully saturated rings. The molecule has 1 heterocycles. The molecule has 0 spiro atoms. The number of nitrogens with two attached hydrogens (primary N) is 1. The van der Waals surface area contributed by atoms with Gasteiger partial charge in [0.25, 0.3) is 0 Å². The minimum atomic E-state index is -0.0722. The zero-order chi connectivity index (χ0) is 14.7. The Bertz CT molecular complexity index is 530. The Morgan fingerprint density at radius 1 is 1.25 bits per heavy atom. The molecule has 0 radical (unpaired) electrons. The Labute approximate surface area is 118 Å². The van der Waals surface area contributed by atoms with Gasteiger partial charge in [0.05, 0.1) is 13.2 Å². The van der Waals surface area contributed by atoms with Crippen LogP contribution in [0.25, 0.3) is 0 Å². The molecular weight excluding hydrogens is 258 g/mol. The molecule has 6 nitrogen and oxygen atoms in total. The van der Waals surface area contributed by atoms with Crippen molar-refractivity contribution in [2.24, 2.45) is 0 Å². The van der Waals surface area contributed by atoms with Crippen molar-refractivity contribution in [2.75, 3.05) is 32.5 Å². The SMILES string of the molecule is CCOc1ccc(N)cc1CN1CC(=O)N(C)CC1=O. The summed E-state index contributed by atoms with van der Waals surface area (Å²) in [6, 6.07) is 5.32. The average Bonchev–Trinajstić information content (AvgIpc) is 2.39. The highest BCUT2D eigenvalue weighted by atomic mass is 16.5. The Morgan fingerprint density at radius 2 is 2.00 bits per heavy atom. The van der Waals surface area contributed by atoms with Crippen molar-refractivity contribution in [3.8, 4) is 5.75 Å². The number of rotatable bonds is 4. The third-order valence-corrected chi connectivity index (χ3v) is 3.22. The minimum absolute atomic E-state index is 0.0635. The molecule has 0 atom stereocenters. The number of hydrogen-bond donors (Lipinski definition) is 1. The van der Waals surface area contributed by atoms with Crippen LogP contribution < -0.4 is 10.5 Å². The average molecular weight is 277 g/mol. The lowest BCUT2D eigenvalue weighted by Crippen LogP contribution is -2.51. The van der Waals surface area contributed by atoms with E-state index in [0.717, 1.165) is 5.56 Å². The van der Waals surface area contributed by atoms with Crippen molar-refractivity contribution in [1.29, 1.82) is 0 Å². The number of benzene rings is 1. The van der Waals surface area contributed by atoms with Crippen molar-refractivity contribution in [3.05, 3.63) is 23.8 Å². The van der Waals surface area contributed by atoms with E-state index in [4.69, 9.17) is 10.5 Å². The fourth-order valence-corrected chi connectivity index (χ4v) is 2.13. The maximum absolute atomic E-state index is 12.0. The number of anilines is 1. The molecule has 1 saturated heterocycles. The van der Waals surface area contributed by atoms with Gasteiger partial charge in [-0.05, 0) is 25.1 Å². The molecule has 2 rings (SSSR count). The number of amides is 2. The number of nitrogens with zero attached hydrogens (tertiary/aromatic N) is 2. The lowest BCUT2D eigenvalue weighted by molar-refractivity contribution is -0.149. The number of carbonyl (C=O) groups is 2. The number of carbonyl (C=O) groups excluding carboxylic acids is 2. The highest BCUT2D eigenvalue weighted by Gasteiger charge is 2.28. The van der Waals surface area contributed by atoms with Crippen LogP contribution in [-0.2, 0) is 16.1 Å². The molecule has 1 aromatic carbocycles. The van der Waals surface area contributed by atoms with Gasteiger partial charge in [0.1, 0.15) is 12.3 Å². The number of hydrogen-bond acceptors (Lipinski definition) is 4. The summed E-state index contributed by atoms with van der Waals surface area (Å²) >= 11 is 0. The van der Waals surface area contributed by atoms with Crippen LogP contribution in [-0.4, -0.2) is 48.4 Å². The molecule has 6 heteroatoms. The van der Waals surface area contributed by atoms with Crippen LogP contribution in [0.3, 0.4) is 0 Å². The second-order valence-corrected chi connectivity index (χ2v) is 4.80. The summed E-state index contributed by atoms with van der Waals surface area (Å²) in [5, 5.41) is 0. The van der Waals surface area contributed by atoms with E-state index in [1.165, 1.54) is 9.80 Å². The van der Waals surface area contributed by atoms with Crippen LogP contribution in [0, 0.1) is 0 Å². The summed E-state index contributed by atoms with van der Waals surface area (Å²) in [5.74, 6) is 0.560. The predicted octanol–water partition coefficient (Wildman–Crippen LogP) is 0.468. The molecular formula is C14H19N3O3. The predicted molar refractivity (Wildman–Crippen MR) is 75.1 cm³/mol. The molecule has 20 heavy (non-hydrogen) atoms. The van der Waals surface area contributed by atoms with Crippen molar-refractivity contribution in [2.45, 2.75) is 13.5 Å². The summed E-state index contributed by atoms with van der Waals surface area (Å²) in [5.41, 5.74) is 7.20. The normalized spacial score (nSPS) is 15.7. The highest BCUT2D eigenvalue weighted by Crippen LogP contribution is 2.23. The third kappa shape index (κ3) is 3.01. The topological polar surface area (TPSA) is 75.9 Å². The molecule has 0 bridgehead atoms. The van der Waals surface area contributed by atoms with Gasteiger partial charge in [-0.25, -0.2) is 0 Å². The molecule has 1 aromatic rings. The molecule has 0 unspecified atom stereocenters. The first-order valence-corrected chi connectivity index (χ1v) is 6.54. The van der Waals surface area contributed by atoms with Gasteiger partial charge in [-0.3, -0.25) is 9.59 Å². The van der Waals surface area contributed by atoms with Gasteiger partial charge >= 0.3 is 0 Å². The second-order valence-electron chi connectivity index (χ2n) is 4.80. The number of piperazine rings is 1. The van der Waals surface area contributed by atoms with Crippen LogP contribution in [0.4, 0.5) is 5.69 Å². The van der Waals surface area contributed by atoms with E-state index in [9.17, 15) is 9.59 Å². The van der Waals surface area contributed by atoms with Crippen LogP contribution in [0.5, 0.6) is 5.75 Å². The van der Waals surface area contributed by atoms with Crippen LogP contribution >= 0.6 is 0 Å². The number of ether oxygens (including phenoxy) is 1. The summed E-state index contributed by atoms with van der Waals surface area (Å²) in [7, 11) is 1.63. The smallest absolute Gasteiger partial charge is 0.242 e. The lowest BCUT2D eigenvalue weighted by Gasteiger charge is -2.32. The molecule has 2 amide bonds. The summed E-state index contributed by atoms with van der Waals surface area (Å²) in [4.78, 5) is 26.6. The highest BCUT2D eigenvalue weighted by molar-refractivity contribution is 5.92. The molecule has 2 N–H and O–H groups in total. The van der Waals surface area contributed by atoms with Gasteiger partial charge in [-0.1, -0.05) is 0 Å². The van der Waals surface area contributed by atoms with E-state index < -0.39 is 0 Å². The Balaban J connectivity index is 2.18. The van der Waals surface area contributed by atoms with E-state index in [1.54, 1.807) is 25.2 Å². The summed E-state index contributed by atoms with van der Waals surface area (Å²) in [6.07, 6.45) is 0. The first-order chi connectivity index (χ1) is 9.51. The lowest BCUT2D eigenvalue weighted by atomic mass is 10.1. The van der Waals surface area contributed by atoms with E-state index in [2.05, 4.69) is 0 Å². The fraction of sp³-hybridized carbons (Fsp3) is 0.429. The fourth-order valence-electron chi connectivity index (χ4n) is 2.13. The van der Waals surface area contributed by atoms with E-state index in [-0.39, 0.29) is 24.9 Å². The van der Waals surface area contributed by atoms with Gasteiger partial charge in [0.15, 0.2) is 0 Å². The molecule has 0 aromatic heterocycles. The number of likely N-dealkylation sites (N-methyl/N-ethyl adjacent to an activating group) is 1. The van der Waals surface area contributed by atoms with E-state index in [0.29, 0.717) is 24.6 Å². The van der Waals surface area contributed by atoms with E-state index >= 15 is 0 Å². The second kappa shape index (κ2) is 5.81. The van der Waals surface area contributed by atoms with Crippen LogP contribution in [0.1, 0.15) is 12.5 Å². The monoisotopic (exact) mass is 277 g/mol. The van der Waals surface area contributed by atoms with Gasteiger partial charge in [-0.15, -0.1) is 0 Å².